The van der Waals surface area contributed by atoms with Crippen molar-refractivity contribution >= 4 is 24.4 Å². The van der Waals surface area contributed by atoms with Gasteiger partial charge < -0.3 is 24.9 Å². The molecule has 0 aliphatic rings. The molecule has 0 aromatic rings. The molecule has 0 unspecified atom stereocenters. The van der Waals surface area contributed by atoms with Gasteiger partial charge in [0.2, 0.25) is 5.91 Å². The van der Waals surface area contributed by atoms with Gasteiger partial charge in [-0.05, 0) is 0 Å². The number of hydrogen-bond acceptors (Lipinski definition) is 6. The third-order valence-electron chi connectivity index (χ3n) is 1.80. The van der Waals surface area contributed by atoms with Crippen LogP contribution in [0.5, 0.6) is 0 Å². The summed E-state index contributed by atoms with van der Waals surface area (Å²) in [6, 6.07) is 0. The third-order valence-corrected chi connectivity index (χ3v) is 2.61. The van der Waals surface area contributed by atoms with E-state index in [4.69, 9.17) is 0 Å². The molecule has 0 aliphatic carbocycles. The van der Waals surface area contributed by atoms with Crippen LogP contribution in [0, 0.1) is 5.41 Å². The molecule has 102 valence electrons. The molecule has 0 aromatic carbocycles. The van der Waals surface area contributed by atoms with Crippen LogP contribution in [0.15, 0.2) is 0 Å². The zero-order chi connectivity index (χ0) is 13.5. The molecule has 0 fully saturated rings. The van der Waals surface area contributed by atoms with E-state index in [0.29, 0.717) is 19.6 Å². The molecular weight excluding hydrogens is 277 g/mol. The zero-order valence-corrected chi connectivity index (χ0v) is 14.0. The largest absolute Gasteiger partial charge is 1.00 e. The summed E-state index contributed by atoms with van der Waals surface area (Å²) in [7, 11) is 0. The summed E-state index contributed by atoms with van der Waals surface area (Å²) in [6.45, 7) is 2.87. The van der Waals surface area contributed by atoms with Crippen LogP contribution >= 0.6 is 6.72 Å². The molecule has 0 bridgehead atoms. The number of carbonyl (C=O) groups is 1. The standard InChI is InChI=1S/C9H21N2O4PS.2Li/c1-9(2,3)8(12)11-5-4-10-6-7-15-16(13,14)17;;/h10H,4-7H2,1-3H3,(H,11,12)(H2,13,14,17);;/q;2*+1/p-2. The van der Waals surface area contributed by atoms with Crippen molar-refractivity contribution in [1.82, 2.24) is 10.6 Å². The molecule has 0 saturated carbocycles. The molecule has 0 spiro atoms. The molecule has 0 heterocycles. The average molecular weight is 296 g/mol. The fourth-order valence-corrected chi connectivity index (χ4v) is 1.42. The van der Waals surface area contributed by atoms with Crippen LogP contribution in [0.2, 0.25) is 0 Å². The van der Waals surface area contributed by atoms with E-state index in [2.05, 4.69) is 27.0 Å². The fourth-order valence-electron chi connectivity index (χ4n) is 0.884. The van der Waals surface area contributed by atoms with E-state index < -0.39 is 12.1 Å². The van der Waals surface area contributed by atoms with Crippen molar-refractivity contribution in [2.45, 2.75) is 20.8 Å². The molecule has 10 heteroatoms. The van der Waals surface area contributed by atoms with Gasteiger partial charge in [-0.15, -0.1) is 11.8 Å². The van der Waals surface area contributed by atoms with Crippen molar-refractivity contribution in [3.05, 3.63) is 0 Å². The maximum absolute atomic E-state index is 11.4. The summed E-state index contributed by atoms with van der Waals surface area (Å²) in [5.41, 5.74) is -0.402. The van der Waals surface area contributed by atoms with Gasteiger partial charge in [0.15, 0.2) is 0 Å². The number of rotatable bonds is 7. The maximum Gasteiger partial charge on any atom is 1.00 e. The molecular formula is C9H19Li2N2O4PS. The number of hydrogen-bond donors (Lipinski definition) is 2. The maximum atomic E-state index is 11.4. The Bertz CT molecular complexity index is 296. The van der Waals surface area contributed by atoms with Gasteiger partial charge >= 0.3 is 37.7 Å². The Balaban J connectivity index is -0.00000128. The van der Waals surface area contributed by atoms with Crippen LogP contribution in [0.25, 0.3) is 0 Å². The van der Waals surface area contributed by atoms with E-state index in [1.54, 1.807) is 0 Å². The van der Waals surface area contributed by atoms with E-state index in [0.717, 1.165) is 0 Å². The Labute approximate surface area is 144 Å². The summed E-state index contributed by atoms with van der Waals surface area (Å²) in [5.74, 6) is -0.0230. The Morgan fingerprint density at radius 3 is 2.16 bits per heavy atom. The quantitative estimate of drug-likeness (QED) is 0.275. The van der Waals surface area contributed by atoms with Gasteiger partial charge in [-0.25, -0.2) is 0 Å². The van der Waals surface area contributed by atoms with Crippen molar-refractivity contribution in [1.29, 1.82) is 0 Å². The van der Waals surface area contributed by atoms with Crippen molar-refractivity contribution in [2.24, 2.45) is 5.41 Å². The predicted octanol–water partition coefficient (Wildman–Crippen LogP) is -7.29. The summed E-state index contributed by atoms with van der Waals surface area (Å²) in [6.07, 6.45) is 0. The molecule has 0 saturated heterocycles. The van der Waals surface area contributed by atoms with Crippen molar-refractivity contribution in [2.75, 3.05) is 26.2 Å². The SMILES string of the molecule is CC(C)(C)C(=O)NCCNCCOP([O-])([O-])=S.[Li+].[Li+]. The molecule has 19 heavy (non-hydrogen) atoms. The number of amides is 1. The van der Waals surface area contributed by atoms with E-state index in [9.17, 15) is 14.6 Å². The van der Waals surface area contributed by atoms with Gasteiger partial charge in [0.05, 0.1) is 6.61 Å². The molecule has 0 radical (unpaired) electrons. The van der Waals surface area contributed by atoms with Gasteiger partial charge in [-0.3, -0.25) is 4.79 Å². The normalized spacial score (nSPS) is 11.2. The first-order valence-corrected chi connectivity index (χ1v) is 7.84. The second-order valence-corrected chi connectivity index (χ2v) is 7.03. The van der Waals surface area contributed by atoms with Crippen LogP contribution in [0.1, 0.15) is 20.8 Å². The zero-order valence-electron chi connectivity index (χ0n) is 12.3. The fraction of sp³-hybridized carbons (Fsp3) is 0.889. The molecule has 1 amide bonds. The third kappa shape index (κ3) is 17.1. The van der Waals surface area contributed by atoms with E-state index >= 15 is 0 Å². The van der Waals surface area contributed by atoms with Gasteiger partial charge in [-0.1, -0.05) is 27.5 Å². The van der Waals surface area contributed by atoms with Gasteiger partial charge in [0.1, 0.15) is 0 Å². The second-order valence-electron chi connectivity index (χ2n) is 4.54. The topological polar surface area (TPSA) is 96.5 Å². The minimum atomic E-state index is -4.04. The van der Waals surface area contributed by atoms with Crippen LogP contribution in [0.4, 0.5) is 0 Å². The summed E-state index contributed by atoms with van der Waals surface area (Å²) < 4.78 is 4.38. The summed E-state index contributed by atoms with van der Waals surface area (Å²) >= 11 is 4.05. The van der Waals surface area contributed by atoms with Crippen LogP contribution in [-0.4, -0.2) is 32.1 Å². The van der Waals surface area contributed by atoms with Crippen molar-refractivity contribution in [3.8, 4) is 0 Å². The van der Waals surface area contributed by atoms with E-state index in [1.165, 1.54) is 0 Å². The number of nitrogens with one attached hydrogen (secondary N) is 2. The Hall–Kier alpha value is 1.15. The summed E-state index contributed by atoms with van der Waals surface area (Å²) in [5, 5.41) is 5.67. The monoisotopic (exact) mass is 296 g/mol. The minimum absolute atomic E-state index is 0. The predicted molar refractivity (Wildman–Crippen MR) is 65.6 cm³/mol. The second kappa shape index (κ2) is 11.8. The van der Waals surface area contributed by atoms with Crippen LogP contribution < -0.4 is 58.1 Å². The van der Waals surface area contributed by atoms with Gasteiger partial charge in [-0.2, -0.15) is 0 Å². The Kier molecular flexibility index (Phi) is 15.6. The molecule has 0 atom stereocenters. The average Bonchev–Trinajstić information content (AvgIpc) is 2.12. The van der Waals surface area contributed by atoms with Crippen molar-refractivity contribution < 1.29 is 56.8 Å². The van der Waals surface area contributed by atoms with Crippen LogP contribution in [-0.2, 0) is 21.1 Å². The van der Waals surface area contributed by atoms with Gasteiger partial charge in [0, 0.05) is 25.0 Å². The first-order valence-electron chi connectivity index (χ1n) is 5.28. The molecule has 6 nitrogen and oxygen atoms in total. The van der Waals surface area contributed by atoms with Crippen molar-refractivity contribution in [3.63, 3.8) is 0 Å². The molecule has 0 aromatic heterocycles. The first kappa shape index (κ1) is 25.1. The molecule has 2 N–H and O–H groups in total. The van der Waals surface area contributed by atoms with E-state index in [1.807, 2.05) is 20.8 Å². The molecule has 0 rings (SSSR count). The Morgan fingerprint density at radius 1 is 1.21 bits per heavy atom. The van der Waals surface area contributed by atoms with Crippen LogP contribution in [0.3, 0.4) is 0 Å². The smallest absolute Gasteiger partial charge is 0.812 e. The Morgan fingerprint density at radius 2 is 1.74 bits per heavy atom. The number of carbonyl (C=O) groups excluding carboxylic acids is 1. The van der Waals surface area contributed by atoms with E-state index in [-0.39, 0.29) is 50.2 Å². The minimum Gasteiger partial charge on any atom is -0.812 e. The first-order chi connectivity index (χ1) is 7.63. The van der Waals surface area contributed by atoms with Gasteiger partial charge in [0.25, 0.3) is 0 Å². The summed E-state index contributed by atoms with van der Waals surface area (Å²) in [4.78, 5) is 32.3. The molecule has 0 aliphatic heterocycles.